The fraction of sp³-hybridized carbons (Fsp3) is 0.100. The number of nitrogens with zero attached hydrogens (tertiary/aromatic N) is 2. The molecule has 124 valence electrons. The van der Waals surface area contributed by atoms with Crippen molar-refractivity contribution in [2.24, 2.45) is 5.92 Å². The highest BCUT2D eigenvalue weighted by atomic mass is 16.2. The van der Waals surface area contributed by atoms with E-state index in [-0.39, 0.29) is 17.7 Å². The van der Waals surface area contributed by atoms with Crippen molar-refractivity contribution in [1.29, 1.82) is 10.5 Å². The average Bonchev–Trinajstić information content (AvgIpc) is 3.21. The second kappa shape index (κ2) is 5.87. The Morgan fingerprint density at radius 1 is 0.962 bits per heavy atom. The number of carbonyl (C=O) groups excluding carboxylic acids is 2. The third-order valence-electron chi connectivity index (χ3n) is 4.54. The Kier molecular flexibility index (Phi) is 3.53. The van der Waals surface area contributed by atoms with Crippen molar-refractivity contribution in [3.05, 3.63) is 76.0 Å². The predicted molar refractivity (Wildman–Crippen MR) is 92.3 cm³/mol. The number of amides is 2. The van der Waals surface area contributed by atoms with Gasteiger partial charge in [0.25, 0.3) is 11.8 Å². The number of rotatable bonds is 2. The van der Waals surface area contributed by atoms with Gasteiger partial charge in [-0.15, -0.1) is 0 Å². The molecule has 1 aromatic rings. The fourth-order valence-electron chi connectivity index (χ4n) is 3.23. The Morgan fingerprint density at radius 3 is 2.19 bits per heavy atom. The Balaban J connectivity index is 1.79. The molecular weight excluding hydrogens is 328 g/mol. The first-order valence-electron chi connectivity index (χ1n) is 8.03. The van der Waals surface area contributed by atoms with Crippen molar-refractivity contribution in [1.82, 2.24) is 10.6 Å². The molecule has 2 aliphatic heterocycles. The summed E-state index contributed by atoms with van der Waals surface area (Å²) in [7, 11) is 0. The highest BCUT2D eigenvalue weighted by Gasteiger charge is 2.41. The Hall–Kier alpha value is -3.90. The number of hydrogen-bond donors (Lipinski definition) is 2. The Labute approximate surface area is 149 Å². The maximum Gasteiger partial charge on any atom is 0.258 e. The van der Waals surface area contributed by atoms with Gasteiger partial charge in [0.05, 0.1) is 46.2 Å². The van der Waals surface area contributed by atoms with Crippen LogP contribution in [-0.2, 0) is 9.59 Å². The third kappa shape index (κ3) is 2.33. The van der Waals surface area contributed by atoms with E-state index in [1.807, 2.05) is 12.1 Å². The van der Waals surface area contributed by atoms with E-state index in [0.717, 1.165) is 5.57 Å². The molecule has 6 nitrogen and oxygen atoms in total. The Morgan fingerprint density at radius 2 is 1.62 bits per heavy atom. The summed E-state index contributed by atoms with van der Waals surface area (Å²) >= 11 is 0. The minimum atomic E-state index is -0.343. The quantitative estimate of drug-likeness (QED) is 0.856. The first kappa shape index (κ1) is 15.6. The zero-order chi connectivity index (χ0) is 18.3. The zero-order valence-electron chi connectivity index (χ0n) is 13.5. The average molecular weight is 340 g/mol. The molecule has 6 heteroatoms. The molecule has 0 saturated heterocycles. The van der Waals surface area contributed by atoms with Gasteiger partial charge in [-0.3, -0.25) is 9.59 Å². The molecule has 2 N–H and O–H groups in total. The molecule has 2 amide bonds. The highest BCUT2D eigenvalue weighted by molar-refractivity contribution is 6.26. The van der Waals surface area contributed by atoms with Crippen LogP contribution in [0.5, 0.6) is 0 Å². The largest absolute Gasteiger partial charge is 0.321 e. The highest BCUT2D eigenvalue weighted by Crippen LogP contribution is 2.37. The van der Waals surface area contributed by atoms with Gasteiger partial charge in [0.15, 0.2) is 0 Å². The number of hydrogen-bond acceptors (Lipinski definition) is 4. The molecule has 1 aliphatic carbocycles. The van der Waals surface area contributed by atoms with Gasteiger partial charge in [-0.05, 0) is 29.7 Å². The van der Waals surface area contributed by atoms with Gasteiger partial charge in [0.2, 0.25) is 0 Å². The van der Waals surface area contributed by atoms with Gasteiger partial charge in [0, 0.05) is 0 Å². The predicted octanol–water partition coefficient (Wildman–Crippen LogP) is 1.81. The smallest absolute Gasteiger partial charge is 0.258 e. The molecule has 1 aromatic carbocycles. The summed E-state index contributed by atoms with van der Waals surface area (Å²) in [4.78, 5) is 25.0. The van der Waals surface area contributed by atoms with Crippen LogP contribution < -0.4 is 10.6 Å². The number of nitriles is 2. The topological polar surface area (TPSA) is 106 Å². The van der Waals surface area contributed by atoms with E-state index in [1.54, 1.807) is 36.4 Å². The van der Waals surface area contributed by atoms with Crippen molar-refractivity contribution in [3.8, 4) is 12.1 Å². The van der Waals surface area contributed by atoms with Crippen LogP contribution in [0.1, 0.15) is 17.5 Å². The molecule has 1 atom stereocenters. The van der Waals surface area contributed by atoms with Crippen molar-refractivity contribution in [2.45, 2.75) is 6.42 Å². The van der Waals surface area contributed by atoms with Crippen molar-refractivity contribution >= 4 is 17.5 Å². The van der Waals surface area contributed by atoms with Gasteiger partial charge in [-0.2, -0.15) is 10.5 Å². The second-order valence-electron chi connectivity index (χ2n) is 6.09. The van der Waals surface area contributed by atoms with Crippen LogP contribution in [0.3, 0.4) is 0 Å². The van der Waals surface area contributed by atoms with Crippen LogP contribution in [-0.4, -0.2) is 11.8 Å². The standard InChI is InChI=1S/C20H12N4O2/c21-9-11-1-5-13(6-2-11)17-15-16(20(26)23-17)18(24-19(15)25)14-7-3-12(10-22)4-8-14/h1-3,5-8,12H,4H2,(H,23,26)(H,24,25). The van der Waals surface area contributed by atoms with Gasteiger partial charge in [-0.1, -0.05) is 30.4 Å². The van der Waals surface area contributed by atoms with Crippen LogP contribution >= 0.6 is 0 Å². The van der Waals surface area contributed by atoms with Crippen molar-refractivity contribution in [2.75, 3.05) is 0 Å². The number of benzene rings is 1. The van der Waals surface area contributed by atoms with Crippen LogP contribution in [0.2, 0.25) is 0 Å². The molecular formula is C20H12N4O2. The molecule has 26 heavy (non-hydrogen) atoms. The monoisotopic (exact) mass is 340 g/mol. The van der Waals surface area contributed by atoms with Crippen LogP contribution in [0.25, 0.3) is 5.70 Å². The number of carbonyl (C=O) groups is 2. The van der Waals surface area contributed by atoms with E-state index in [9.17, 15) is 9.59 Å². The molecule has 0 radical (unpaired) electrons. The molecule has 3 aliphatic rings. The second-order valence-corrected chi connectivity index (χ2v) is 6.09. The molecule has 0 aromatic heterocycles. The summed E-state index contributed by atoms with van der Waals surface area (Å²) in [5.41, 5.74) is 3.44. The van der Waals surface area contributed by atoms with Crippen molar-refractivity contribution < 1.29 is 9.59 Å². The maximum absolute atomic E-state index is 12.5. The summed E-state index contributed by atoms with van der Waals surface area (Å²) < 4.78 is 0. The lowest BCUT2D eigenvalue weighted by Crippen LogP contribution is -2.23. The lowest BCUT2D eigenvalue weighted by Gasteiger charge is -2.12. The van der Waals surface area contributed by atoms with E-state index in [4.69, 9.17) is 10.5 Å². The van der Waals surface area contributed by atoms with E-state index >= 15 is 0 Å². The van der Waals surface area contributed by atoms with E-state index in [2.05, 4.69) is 16.7 Å². The van der Waals surface area contributed by atoms with Crippen LogP contribution in [0.4, 0.5) is 0 Å². The van der Waals surface area contributed by atoms with E-state index in [1.165, 1.54) is 0 Å². The van der Waals surface area contributed by atoms with Gasteiger partial charge >= 0.3 is 0 Å². The third-order valence-corrected chi connectivity index (χ3v) is 4.54. The maximum atomic E-state index is 12.5. The van der Waals surface area contributed by atoms with Crippen LogP contribution in [0, 0.1) is 28.6 Å². The lowest BCUT2D eigenvalue weighted by molar-refractivity contribution is -0.117. The van der Waals surface area contributed by atoms with Gasteiger partial charge < -0.3 is 10.6 Å². The summed E-state index contributed by atoms with van der Waals surface area (Å²) in [5, 5.41) is 23.4. The molecule has 0 spiro atoms. The van der Waals surface area contributed by atoms with Gasteiger partial charge in [0.1, 0.15) is 0 Å². The molecule has 0 saturated carbocycles. The summed E-state index contributed by atoms with van der Waals surface area (Å²) in [5.74, 6) is -0.878. The molecule has 2 heterocycles. The molecule has 0 fully saturated rings. The number of fused-ring (bicyclic) bond motifs is 1. The minimum Gasteiger partial charge on any atom is -0.321 e. The van der Waals surface area contributed by atoms with E-state index < -0.39 is 0 Å². The molecule has 0 bridgehead atoms. The SMILES string of the molecule is N#Cc1ccc(C2=C3C(=O)NC(C4=CCC(C#N)C=C4)=C3C(=O)N2)cc1. The van der Waals surface area contributed by atoms with Crippen molar-refractivity contribution in [3.63, 3.8) is 0 Å². The minimum absolute atomic E-state index is 0.192. The van der Waals surface area contributed by atoms with Crippen LogP contribution in [0.15, 0.2) is 64.9 Å². The van der Waals surface area contributed by atoms with Gasteiger partial charge in [-0.25, -0.2) is 0 Å². The first-order chi connectivity index (χ1) is 12.6. The zero-order valence-corrected chi connectivity index (χ0v) is 13.5. The summed E-state index contributed by atoms with van der Waals surface area (Å²) in [6.45, 7) is 0. The molecule has 4 rings (SSSR count). The fourth-order valence-corrected chi connectivity index (χ4v) is 3.23. The normalized spacial score (nSPS) is 21.0. The number of allylic oxidation sites excluding steroid dienone is 3. The summed E-state index contributed by atoms with van der Waals surface area (Å²) in [6.07, 6.45) is 5.92. The summed E-state index contributed by atoms with van der Waals surface area (Å²) in [6, 6.07) is 10.9. The number of nitrogens with one attached hydrogen (secondary N) is 2. The van der Waals surface area contributed by atoms with E-state index in [0.29, 0.717) is 40.1 Å². The first-order valence-corrected chi connectivity index (χ1v) is 8.03. The molecule has 1 unspecified atom stereocenters. The lowest BCUT2D eigenvalue weighted by atomic mass is 9.94. The Bertz CT molecular complexity index is 1060.